The molecule has 5 heteroatoms. The Morgan fingerprint density at radius 3 is 2.68 bits per heavy atom. The summed E-state index contributed by atoms with van der Waals surface area (Å²) in [6, 6.07) is 4.07. The van der Waals surface area contributed by atoms with Crippen LogP contribution < -0.4 is 5.32 Å². The van der Waals surface area contributed by atoms with Crippen molar-refractivity contribution in [1.29, 1.82) is 0 Å². The summed E-state index contributed by atoms with van der Waals surface area (Å²) < 4.78 is 26.9. The van der Waals surface area contributed by atoms with E-state index in [1.54, 1.807) is 0 Å². The molecule has 2 rings (SSSR count). The lowest BCUT2D eigenvalue weighted by Crippen LogP contribution is -2.38. The lowest BCUT2D eigenvalue weighted by Gasteiger charge is -2.33. The van der Waals surface area contributed by atoms with Crippen molar-refractivity contribution < 1.29 is 13.6 Å². The Bertz CT molecular complexity index is 487. The minimum absolute atomic E-state index is 0.439. The molecule has 1 saturated heterocycles. The van der Waals surface area contributed by atoms with Crippen LogP contribution in [0, 0.1) is 11.6 Å². The van der Waals surface area contributed by atoms with E-state index in [-0.39, 0.29) is 0 Å². The first-order chi connectivity index (χ1) is 10.6. The van der Waals surface area contributed by atoms with Gasteiger partial charge in [-0.15, -0.1) is 0 Å². The fraction of sp³-hybridized carbons (Fsp3) is 0.588. The Morgan fingerprint density at radius 1 is 1.27 bits per heavy atom. The summed E-state index contributed by atoms with van der Waals surface area (Å²) in [6.07, 6.45) is 5.61. The molecule has 1 N–H and O–H groups in total. The third kappa shape index (κ3) is 4.50. The van der Waals surface area contributed by atoms with E-state index < -0.39 is 23.1 Å². The van der Waals surface area contributed by atoms with Crippen LogP contribution in [0.2, 0.25) is 0 Å². The second kappa shape index (κ2) is 8.22. The maximum Gasteiger partial charge on any atom is 0.257 e. The van der Waals surface area contributed by atoms with Gasteiger partial charge in [-0.25, -0.2) is 8.78 Å². The number of rotatable bonds is 6. The minimum atomic E-state index is -0.820. The van der Waals surface area contributed by atoms with Gasteiger partial charge in [-0.1, -0.05) is 12.5 Å². The SMILES string of the molecule is CC1CCCCN1CCCCNC(=O)c1c(F)cccc1F. The number of unbranched alkanes of at least 4 members (excludes halogenated alkanes) is 1. The molecule has 1 aromatic rings. The third-order valence-corrected chi connectivity index (χ3v) is 4.29. The molecule has 1 aliphatic rings. The number of carbonyl (C=O) groups excluding carboxylic acids is 1. The highest BCUT2D eigenvalue weighted by atomic mass is 19.1. The van der Waals surface area contributed by atoms with E-state index in [2.05, 4.69) is 17.1 Å². The Hall–Kier alpha value is -1.49. The molecule has 1 heterocycles. The van der Waals surface area contributed by atoms with E-state index in [9.17, 15) is 13.6 Å². The van der Waals surface area contributed by atoms with Crippen molar-refractivity contribution >= 4 is 5.91 Å². The molecule has 0 saturated carbocycles. The van der Waals surface area contributed by atoms with Gasteiger partial charge in [-0.05, 0) is 57.8 Å². The molecular formula is C17H24F2N2O. The van der Waals surface area contributed by atoms with Crippen LogP contribution in [-0.2, 0) is 0 Å². The van der Waals surface area contributed by atoms with Crippen molar-refractivity contribution in [3.63, 3.8) is 0 Å². The van der Waals surface area contributed by atoms with Crippen molar-refractivity contribution in [2.24, 2.45) is 0 Å². The van der Waals surface area contributed by atoms with Crippen molar-refractivity contribution in [2.45, 2.75) is 45.1 Å². The average Bonchev–Trinajstić information content (AvgIpc) is 2.48. The topological polar surface area (TPSA) is 32.3 Å². The predicted molar refractivity (Wildman–Crippen MR) is 82.8 cm³/mol. The van der Waals surface area contributed by atoms with E-state index in [0.717, 1.165) is 38.1 Å². The Kier molecular flexibility index (Phi) is 6.31. The predicted octanol–water partition coefficient (Wildman–Crippen LogP) is 3.35. The molecule has 0 spiro atoms. The Morgan fingerprint density at radius 2 is 2.00 bits per heavy atom. The highest BCUT2D eigenvalue weighted by Crippen LogP contribution is 2.16. The largest absolute Gasteiger partial charge is 0.352 e. The van der Waals surface area contributed by atoms with E-state index >= 15 is 0 Å². The van der Waals surface area contributed by atoms with Crippen molar-refractivity contribution in [3.05, 3.63) is 35.4 Å². The molecule has 0 aliphatic carbocycles. The molecule has 122 valence electrons. The summed E-state index contributed by atoms with van der Waals surface area (Å²) in [5.74, 6) is -2.32. The molecular weight excluding hydrogens is 286 g/mol. The second-order valence-corrected chi connectivity index (χ2v) is 5.94. The summed E-state index contributed by atoms with van der Waals surface area (Å²) in [6.45, 7) is 4.86. The summed E-state index contributed by atoms with van der Waals surface area (Å²) in [4.78, 5) is 14.3. The van der Waals surface area contributed by atoms with Gasteiger partial charge in [0, 0.05) is 12.6 Å². The summed E-state index contributed by atoms with van der Waals surface area (Å²) in [7, 11) is 0. The number of likely N-dealkylation sites (tertiary alicyclic amines) is 1. The fourth-order valence-electron chi connectivity index (χ4n) is 2.93. The normalized spacial score (nSPS) is 19.1. The van der Waals surface area contributed by atoms with Crippen LogP contribution in [0.4, 0.5) is 8.78 Å². The smallest absolute Gasteiger partial charge is 0.257 e. The van der Waals surface area contributed by atoms with E-state index in [4.69, 9.17) is 0 Å². The number of piperidine rings is 1. The number of hydrogen-bond donors (Lipinski definition) is 1. The molecule has 1 aromatic carbocycles. The van der Waals surface area contributed by atoms with Crippen LogP contribution in [0.5, 0.6) is 0 Å². The van der Waals surface area contributed by atoms with Crippen LogP contribution in [-0.4, -0.2) is 36.5 Å². The molecule has 1 amide bonds. The van der Waals surface area contributed by atoms with Gasteiger partial charge in [0.05, 0.1) is 0 Å². The van der Waals surface area contributed by atoms with Gasteiger partial charge < -0.3 is 10.2 Å². The lowest BCUT2D eigenvalue weighted by atomic mass is 10.0. The molecule has 1 atom stereocenters. The number of hydrogen-bond acceptors (Lipinski definition) is 2. The zero-order valence-electron chi connectivity index (χ0n) is 13.1. The summed E-state index contributed by atoms with van der Waals surface area (Å²) in [5, 5.41) is 2.59. The number of halogens is 2. The Labute approximate surface area is 130 Å². The molecule has 3 nitrogen and oxygen atoms in total. The first kappa shape index (κ1) is 16.9. The maximum atomic E-state index is 13.5. The van der Waals surface area contributed by atoms with Gasteiger partial charge in [0.25, 0.3) is 5.91 Å². The number of benzene rings is 1. The van der Waals surface area contributed by atoms with Gasteiger partial charge in [-0.2, -0.15) is 0 Å². The van der Waals surface area contributed by atoms with Crippen molar-refractivity contribution in [1.82, 2.24) is 10.2 Å². The zero-order valence-corrected chi connectivity index (χ0v) is 13.1. The number of amides is 1. The van der Waals surface area contributed by atoms with Gasteiger partial charge in [-0.3, -0.25) is 4.79 Å². The van der Waals surface area contributed by atoms with Crippen LogP contribution >= 0.6 is 0 Å². The van der Waals surface area contributed by atoms with Crippen LogP contribution in [0.25, 0.3) is 0 Å². The molecule has 1 aliphatic heterocycles. The maximum absolute atomic E-state index is 13.5. The van der Waals surface area contributed by atoms with Gasteiger partial charge in [0.15, 0.2) is 0 Å². The molecule has 0 bridgehead atoms. The first-order valence-corrected chi connectivity index (χ1v) is 8.06. The molecule has 1 unspecified atom stereocenters. The van der Waals surface area contributed by atoms with Crippen LogP contribution in [0.3, 0.4) is 0 Å². The fourth-order valence-corrected chi connectivity index (χ4v) is 2.93. The molecule has 0 aromatic heterocycles. The molecule has 0 radical (unpaired) electrons. The third-order valence-electron chi connectivity index (χ3n) is 4.29. The molecule has 1 fully saturated rings. The van der Waals surface area contributed by atoms with E-state index in [1.165, 1.54) is 25.3 Å². The van der Waals surface area contributed by atoms with Crippen molar-refractivity contribution in [2.75, 3.05) is 19.6 Å². The first-order valence-electron chi connectivity index (χ1n) is 8.06. The van der Waals surface area contributed by atoms with Gasteiger partial charge in [0.2, 0.25) is 0 Å². The van der Waals surface area contributed by atoms with E-state index in [0.29, 0.717) is 12.6 Å². The number of carbonyl (C=O) groups is 1. The lowest BCUT2D eigenvalue weighted by molar-refractivity contribution is 0.0943. The Balaban J connectivity index is 1.69. The highest BCUT2D eigenvalue weighted by molar-refractivity contribution is 5.94. The zero-order chi connectivity index (χ0) is 15.9. The van der Waals surface area contributed by atoms with Crippen molar-refractivity contribution in [3.8, 4) is 0 Å². The highest BCUT2D eigenvalue weighted by Gasteiger charge is 2.18. The standard InChI is InChI=1S/C17H24F2N2O/c1-13-7-2-4-11-21(13)12-5-3-10-20-17(22)16-14(18)8-6-9-15(16)19/h6,8-9,13H,2-5,7,10-12H2,1H3,(H,20,22). The number of nitrogens with zero attached hydrogens (tertiary/aromatic N) is 1. The summed E-state index contributed by atoms with van der Waals surface area (Å²) >= 11 is 0. The minimum Gasteiger partial charge on any atom is -0.352 e. The van der Waals surface area contributed by atoms with Gasteiger partial charge in [0.1, 0.15) is 17.2 Å². The summed E-state index contributed by atoms with van der Waals surface area (Å²) in [5.41, 5.74) is -0.493. The van der Waals surface area contributed by atoms with Gasteiger partial charge >= 0.3 is 0 Å². The van der Waals surface area contributed by atoms with E-state index in [1.807, 2.05) is 0 Å². The second-order valence-electron chi connectivity index (χ2n) is 5.94. The van der Waals surface area contributed by atoms with Crippen LogP contribution in [0.15, 0.2) is 18.2 Å². The average molecular weight is 310 g/mol. The number of nitrogens with one attached hydrogen (secondary N) is 1. The van der Waals surface area contributed by atoms with Crippen LogP contribution in [0.1, 0.15) is 49.4 Å². The monoisotopic (exact) mass is 310 g/mol. The quantitative estimate of drug-likeness (QED) is 0.817. The molecule has 22 heavy (non-hydrogen) atoms.